The molecule has 1 aliphatic heterocycles. The van der Waals surface area contributed by atoms with E-state index in [1.165, 1.54) is 11.6 Å². The Morgan fingerprint density at radius 2 is 1.79 bits per heavy atom. The van der Waals surface area contributed by atoms with Crippen molar-refractivity contribution in [2.45, 2.75) is 6.42 Å². The summed E-state index contributed by atoms with van der Waals surface area (Å²) < 4.78 is 2.41. The van der Waals surface area contributed by atoms with Crippen LogP contribution in [0.15, 0.2) is 9.59 Å². The first-order valence-electron chi connectivity index (χ1n) is 6.05. The van der Waals surface area contributed by atoms with E-state index in [0.29, 0.717) is 22.5 Å². The molecule has 0 aliphatic carbocycles. The predicted molar refractivity (Wildman–Crippen MR) is 71.6 cm³/mol. The van der Waals surface area contributed by atoms with Crippen molar-refractivity contribution in [1.82, 2.24) is 19.3 Å². The number of aromatic nitrogens is 4. The standard InChI is InChI=1S/C11H14N6O2/c1-16-9-6(10(18)17(2)11(16)19)7-8(14-15-9)13-5-3-4-12-7/h12H,3-5H2,1-2H3,(H,13,14). The fraction of sp³-hybridized carbons (Fsp3) is 0.455. The lowest BCUT2D eigenvalue weighted by Crippen LogP contribution is -2.37. The van der Waals surface area contributed by atoms with Crippen LogP contribution >= 0.6 is 0 Å². The van der Waals surface area contributed by atoms with E-state index in [-0.39, 0.29) is 5.56 Å². The minimum atomic E-state index is -0.409. The van der Waals surface area contributed by atoms with Crippen LogP contribution in [0.3, 0.4) is 0 Å². The van der Waals surface area contributed by atoms with Gasteiger partial charge in [-0.2, -0.15) is 0 Å². The van der Waals surface area contributed by atoms with Crippen LogP contribution in [0.25, 0.3) is 11.0 Å². The molecule has 0 radical (unpaired) electrons. The third-order valence-electron chi connectivity index (χ3n) is 3.31. The van der Waals surface area contributed by atoms with Crippen molar-refractivity contribution < 1.29 is 0 Å². The summed E-state index contributed by atoms with van der Waals surface area (Å²) in [6, 6.07) is 0. The van der Waals surface area contributed by atoms with Gasteiger partial charge in [-0.05, 0) is 6.42 Å². The highest BCUT2D eigenvalue weighted by Crippen LogP contribution is 2.25. The Labute approximate surface area is 108 Å². The molecule has 8 heteroatoms. The SMILES string of the molecule is Cn1c(=O)c2c3c(nnc2n(C)c1=O)NCCCN3. The highest BCUT2D eigenvalue weighted by atomic mass is 16.2. The fourth-order valence-corrected chi connectivity index (χ4v) is 2.24. The van der Waals surface area contributed by atoms with Crippen LogP contribution in [0.5, 0.6) is 0 Å². The average molecular weight is 262 g/mol. The van der Waals surface area contributed by atoms with E-state index in [2.05, 4.69) is 20.8 Å². The molecule has 100 valence electrons. The van der Waals surface area contributed by atoms with E-state index < -0.39 is 5.69 Å². The molecule has 0 amide bonds. The third kappa shape index (κ3) is 1.60. The quantitative estimate of drug-likeness (QED) is 0.649. The molecule has 0 saturated carbocycles. The molecular formula is C11H14N6O2. The highest BCUT2D eigenvalue weighted by molar-refractivity contribution is 5.94. The second-order valence-electron chi connectivity index (χ2n) is 4.54. The largest absolute Gasteiger partial charge is 0.381 e. The smallest absolute Gasteiger partial charge is 0.332 e. The number of rotatable bonds is 0. The van der Waals surface area contributed by atoms with Crippen LogP contribution in [-0.4, -0.2) is 32.4 Å². The van der Waals surface area contributed by atoms with Crippen LogP contribution in [-0.2, 0) is 14.1 Å². The average Bonchev–Trinajstić information content (AvgIpc) is 2.66. The number of hydrogen-bond donors (Lipinski definition) is 2. The van der Waals surface area contributed by atoms with Crippen LogP contribution in [0.4, 0.5) is 11.5 Å². The maximum absolute atomic E-state index is 12.3. The first-order valence-corrected chi connectivity index (χ1v) is 6.05. The van der Waals surface area contributed by atoms with E-state index in [1.54, 1.807) is 7.05 Å². The predicted octanol–water partition coefficient (Wildman–Crippen LogP) is -0.745. The van der Waals surface area contributed by atoms with Gasteiger partial charge in [0.2, 0.25) is 0 Å². The molecule has 2 N–H and O–H groups in total. The van der Waals surface area contributed by atoms with Crippen LogP contribution in [0.2, 0.25) is 0 Å². The first-order chi connectivity index (χ1) is 9.11. The highest BCUT2D eigenvalue weighted by Gasteiger charge is 2.19. The summed E-state index contributed by atoms with van der Waals surface area (Å²) in [7, 11) is 3.04. The van der Waals surface area contributed by atoms with E-state index in [9.17, 15) is 9.59 Å². The monoisotopic (exact) mass is 262 g/mol. The Bertz CT molecular complexity index is 775. The molecule has 0 fully saturated rings. The maximum atomic E-state index is 12.3. The Morgan fingerprint density at radius 1 is 1.05 bits per heavy atom. The van der Waals surface area contributed by atoms with Gasteiger partial charge >= 0.3 is 5.69 Å². The second kappa shape index (κ2) is 4.08. The Morgan fingerprint density at radius 3 is 2.58 bits per heavy atom. The maximum Gasteiger partial charge on any atom is 0.332 e. The van der Waals surface area contributed by atoms with Gasteiger partial charge in [0.1, 0.15) is 5.39 Å². The van der Waals surface area contributed by atoms with Gasteiger partial charge in [0.05, 0.1) is 5.69 Å². The number of aryl methyl sites for hydroxylation is 1. The van der Waals surface area contributed by atoms with Crippen LogP contribution in [0, 0.1) is 0 Å². The molecule has 2 aromatic rings. The van der Waals surface area contributed by atoms with Gasteiger partial charge < -0.3 is 10.6 Å². The van der Waals surface area contributed by atoms with Crippen molar-refractivity contribution in [3.05, 3.63) is 20.8 Å². The van der Waals surface area contributed by atoms with Crippen molar-refractivity contribution in [3.63, 3.8) is 0 Å². The summed E-state index contributed by atoms with van der Waals surface area (Å²) in [5.74, 6) is 0.556. The molecule has 0 saturated heterocycles. The summed E-state index contributed by atoms with van der Waals surface area (Å²) in [6.45, 7) is 1.51. The van der Waals surface area contributed by atoms with Gasteiger partial charge in [0.25, 0.3) is 5.56 Å². The Balaban J connectivity index is 2.50. The van der Waals surface area contributed by atoms with E-state index >= 15 is 0 Å². The molecule has 0 bridgehead atoms. The Hall–Kier alpha value is -2.38. The van der Waals surface area contributed by atoms with Crippen molar-refractivity contribution in [1.29, 1.82) is 0 Å². The van der Waals surface area contributed by atoms with Crippen LogP contribution < -0.4 is 21.9 Å². The van der Waals surface area contributed by atoms with Crippen molar-refractivity contribution in [2.75, 3.05) is 23.7 Å². The van der Waals surface area contributed by atoms with E-state index in [4.69, 9.17) is 0 Å². The normalized spacial score (nSPS) is 14.4. The lowest BCUT2D eigenvalue weighted by molar-refractivity contribution is 0.703. The number of anilines is 2. The summed E-state index contributed by atoms with van der Waals surface area (Å²) in [5, 5.41) is 14.8. The van der Waals surface area contributed by atoms with Crippen molar-refractivity contribution >= 4 is 22.5 Å². The summed E-state index contributed by atoms with van der Waals surface area (Å²) in [6.07, 6.45) is 0.921. The lowest BCUT2D eigenvalue weighted by Gasteiger charge is -2.12. The molecule has 3 rings (SSSR count). The fourth-order valence-electron chi connectivity index (χ4n) is 2.24. The second-order valence-corrected chi connectivity index (χ2v) is 4.54. The van der Waals surface area contributed by atoms with Gasteiger partial charge in [-0.15, -0.1) is 10.2 Å². The molecule has 3 heterocycles. The zero-order chi connectivity index (χ0) is 13.6. The van der Waals surface area contributed by atoms with Gasteiger partial charge in [-0.25, -0.2) is 4.79 Å². The Kier molecular flexibility index (Phi) is 2.51. The topological polar surface area (TPSA) is 93.8 Å². The van der Waals surface area contributed by atoms with E-state index in [1.807, 2.05) is 0 Å². The molecular weight excluding hydrogens is 248 g/mol. The summed E-state index contributed by atoms with van der Waals surface area (Å²) >= 11 is 0. The first kappa shape index (κ1) is 11.7. The zero-order valence-corrected chi connectivity index (χ0v) is 10.7. The molecule has 8 nitrogen and oxygen atoms in total. The molecule has 19 heavy (non-hydrogen) atoms. The number of nitrogens with one attached hydrogen (secondary N) is 2. The van der Waals surface area contributed by atoms with Gasteiger partial charge in [0.15, 0.2) is 11.5 Å². The lowest BCUT2D eigenvalue weighted by atomic mass is 10.3. The van der Waals surface area contributed by atoms with Crippen molar-refractivity contribution in [2.24, 2.45) is 14.1 Å². The van der Waals surface area contributed by atoms with Gasteiger partial charge in [0, 0.05) is 27.2 Å². The molecule has 0 unspecified atom stereocenters. The number of nitrogens with zero attached hydrogens (tertiary/aromatic N) is 4. The molecule has 2 aromatic heterocycles. The minimum Gasteiger partial charge on any atom is -0.381 e. The minimum absolute atomic E-state index is 0.294. The molecule has 1 aliphatic rings. The van der Waals surface area contributed by atoms with Gasteiger partial charge in [-0.1, -0.05) is 0 Å². The number of fused-ring (bicyclic) bond motifs is 3. The molecule has 0 spiro atoms. The van der Waals surface area contributed by atoms with Gasteiger partial charge in [-0.3, -0.25) is 13.9 Å². The summed E-state index contributed by atoms with van der Waals surface area (Å²) in [5.41, 5.74) is 0.149. The third-order valence-corrected chi connectivity index (χ3v) is 3.31. The van der Waals surface area contributed by atoms with Crippen LogP contribution in [0.1, 0.15) is 6.42 Å². The number of hydrogen-bond acceptors (Lipinski definition) is 6. The van der Waals surface area contributed by atoms with E-state index in [0.717, 1.165) is 24.1 Å². The molecule has 0 aromatic carbocycles. The van der Waals surface area contributed by atoms with Crippen molar-refractivity contribution in [3.8, 4) is 0 Å². The summed E-state index contributed by atoms with van der Waals surface area (Å²) in [4.78, 5) is 24.2. The molecule has 0 atom stereocenters. The zero-order valence-electron chi connectivity index (χ0n) is 10.7.